The highest BCUT2D eigenvalue weighted by Crippen LogP contribution is 2.32. The van der Waals surface area contributed by atoms with Crippen molar-refractivity contribution in [2.45, 2.75) is 71.8 Å². The topological polar surface area (TPSA) is 87.7 Å². The third-order valence-corrected chi connectivity index (χ3v) is 5.50. The van der Waals surface area contributed by atoms with Crippen LogP contribution in [0.25, 0.3) is 0 Å². The smallest absolute Gasteiger partial charge is 0.337 e. The molecule has 0 saturated heterocycles. The van der Waals surface area contributed by atoms with Crippen LogP contribution in [0.4, 0.5) is 10.5 Å². The molecule has 0 aromatic heterocycles. The minimum absolute atomic E-state index is 0.0356. The van der Waals surface area contributed by atoms with Crippen LogP contribution in [0.5, 0.6) is 0 Å². The van der Waals surface area contributed by atoms with E-state index in [0.29, 0.717) is 35.5 Å². The Bertz CT molecular complexity index is 819. The molecular formula is C24H35N3O4. The molecule has 1 heterocycles. The Morgan fingerprint density at radius 2 is 1.87 bits per heavy atom. The van der Waals surface area contributed by atoms with Gasteiger partial charge in [0.25, 0.3) is 0 Å². The first-order chi connectivity index (χ1) is 14.9. The van der Waals surface area contributed by atoms with Crippen molar-refractivity contribution in [2.24, 2.45) is 0 Å². The summed E-state index contributed by atoms with van der Waals surface area (Å²) in [6.07, 6.45) is 6.41. The average molecular weight is 430 g/mol. The number of urea groups is 1. The van der Waals surface area contributed by atoms with E-state index in [9.17, 15) is 14.4 Å². The molecule has 2 N–H and O–H groups in total. The van der Waals surface area contributed by atoms with Crippen LogP contribution in [-0.2, 0) is 14.3 Å². The SMILES string of the molecule is CCCCCCC(=O)Nc1cccc(C2NC(=O)N(CCCC)C(C)=C2C(=O)OC)c1. The van der Waals surface area contributed by atoms with Gasteiger partial charge in [0.15, 0.2) is 0 Å². The van der Waals surface area contributed by atoms with E-state index in [1.54, 1.807) is 24.0 Å². The molecule has 1 aliphatic rings. The van der Waals surface area contributed by atoms with E-state index >= 15 is 0 Å². The Labute approximate surface area is 185 Å². The number of carbonyl (C=O) groups is 3. The third-order valence-electron chi connectivity index (χ3n) is 5.50. The molecule has 1 aromatic carbocycles. The van der Waals surface area contributed by atoms with Gasteiger partial charge >= 0.3 is 12.0 Å². The van der Waals surface area contributed by atoms with Crippen LogP contribution in [0.15, 0.2) is 35.5 Å². The molecule has 1 atom stereocenters. The van der Waals surface area contributed by atoms with Gasteiger partial charge in [0, 0.05) is 24.4 Å². The van der Waals surface area contributed by atoms with Crippen LogP contribution >= 0.6 is 0 Å². The summed E-state index contributed by atoms with van der Waals surface area (Å²) in [7, 11) is 1.33. The van der Waals surface area contributed by atoms with Crippen molar-refractivity contribution in [3.63, 3.8) is 0 Å². The van der Waals surface area contributed by atoms with Gasteiger partial charge in [-0.25, -0.2) is 9.59 Å². The van der Waals surface area contributed by atoms with Gasteiger partial charge in [0.05, 0.1) is 18.7 Å². The molecule has 1 aromatic rings. The highest BCUT2D eigenvalue weighted by atomic mass is 16.5. The summed E-state index contributed by atoms with van der Waals surface area (Å²) >= 11 is 0. The minimum Gasteiger partial charge on any atom is -0.466 e. The maximum atomic E-state index is 12.7. The number of rotatable bonds is 11. The van der Waals surface area contributed by atoms with Gasteiger partial charge in [-0.2, -0.15) is 0 Å². The van der Waals surface area contributed by atoms with Crippen LogP contribution in [0.2, 0.25) is 0 Å². The summed E-state index contributed by atoms with van der Waals surface area (Å²) in [5.41, 5.74) is 2.36. The number of nitrogens with zero attached hydrogens (tertiary/aromatic N) is 1. The predicted molar refractivity (Wildman–Crippen MR) is 121 cm³/mol. The Hall–Kier alpha value is -2.83. The lowest BCUT2D eigenvalue weighted by atomic mass is 9.94. The molecule has 0 aliphatic carbocycles. The van der Waals surface area contributed by atoms with Crippen molar-refractivity contribution in [2.75, 3.05) is 19.0 Å². The Morgan fingerprint density at radius 1 is 1.13 bits per heavy atom. The summed E-state index contributed by atoms with van der Waals surface area (Å²) in [4.78, 5) is 39.2. The first-order valence-electron chi connectivity index (χ1n) is 11.2. The van der Waals surface area contributed by atoms with Crippen molar-refractivity contribution in [1.82, 2.24) is 10.2 Å². The number of esters is 1. The van der Waals surface area contributed by atoms with Gasteiger partial charge in [-0.1, -0.05) is 51.7 Å². The lowest BCUT2D eigenvalue weighted by Crippen LogP contribution is -2.48. The molecule has 1 aliphatic heterocycles. The molecule has 170 valence electrons. The summed E-state index contributed by atoms with van der Waals surface area (Å²) in [6, 6.07) is 6.36. The van der Waals surface area contributed by atoms with Gasteiger partial charge in [0.1, 0.15) is 0 Å². The van der Waals surface area contributed by atoms with Gasteiger partial charge in [-0.05, 0) is 37.5 Å². The second-order valence-corrected chi connectivity index (χ2v) is 7.86. The third kappa shape index (κ3) is 6.57. The number of benzene rings is 1. The standard InChI is InChI=1S/C24H35N3O4/c1-5-7-9-10-14-20(28)25-19-13-11-12-18(16-19)22-21(23(29)31-4)17(3)27(15-8-6-2)24(30)26-22/h11-13,16,22H,5-10,14-15H2,1-4H3,(H,25,28)(H,26,30). The van der Waals surface area contributed by atoms with Crippen LogP contribution < -0.4 is 10.6 Å². The molecule has 0 radical (unpaired) electrons. The number of nitrogens with one attached hydrogen (secondary N) is 2. The molecule has 1 unspecified atom stereocenters. The van der Waals surface area contributed by atoms with Crippen LogP contribution in [0, 0.1) is 0 Å². The first kappa shape index (κ1) is 24.4. The number of hydrogen-bond donors (Lipinski definition) is 2. The fourth-order valence-electron chi connectivity index (χ4n) is 3.72. The predicted octanol–water partition coefficient (Wildman–Crippen LogP) is 4.91. The fourth-order valence-corrected chi connectivity index (χ4v) is 3.72. The number of allylic oxidation sites excluding steroid dienone is 1. The highest BCUT2D eigenvalue weighted by molar-refractivity contribution is 5.95. The van der Waals surface area contributed by atoms with E-state index in [1.807, 2.05) is 12.1 Å². The number of unbranched alkanes of at least 4 members (excludes halogenated alkanes) is 4. The maximum absolute atomic E-state index is 12.7. The molecule has 0 saturated carbocycles. The molecule has 7 nitrogen and oxygen atoms in total. The summed E-state index contributed by atoms with van der Waals surface area (Å²) in [5, 5.41) is 5.85. The zero-order chi connectivity index (χ0) is 22.8. The monoisotopic (exact) mass is 429 g/mol. The maximum Gasteiger partial charge on any atom is 0.337 e. The summed E-state index contributed by atoms with van der Waals surface area (Å²) in [6.45, 7) is 6.50. The molecule has 0 fully saturated rings. The van der Waals surface area contributed by atoms with Gasteiger partial charge in [0.2, 0.25) is 5.91 Å². The quantitative estimate of drug-likeness (QED) is 0.386. The number of anilines is 1. The minimum atomic E-state index is -0.640. The van der Waals surface area contributed by atoms with Crippen molar-refractivity contribution >= 4 is 23.6 Å². The number of ether oxygens (including phenoxy) is 1. The number of carbonyl (C=O) groups excluding carboxylic acids is 3. The van der Waals surface area contributed by atoms with E-state index < -0.39 is 12.0 Å². The molecular weight excluding hydrogens is 394 g/mol. The van der Waals surface area contributed by atoms with E-state index in [1.165, 1.54) is 7.11 Å². The van der Waals surface area contributed by atoms with Crippen LogP contribution in [0.1, 0.15) is 77.3 Å². The van der Waals surface area contributed by atoms with Crippen LogP contribution in [0.3, 0.4) is 0 Å². The Morgan fingerprint density at radius 3 is 2.55 bits per heavy atom. The molecule has 2 rings (SSSR count). The van der Waals surface area contributed by atoms with Crippen molar-refractivity contribution < 1.29 is 19.1 Å². The molecule has 0 bridgehead atoms. The number of hydrogen-bond acceptors (Lipinski definition) is 4. The number of methoxy groups -OCH3 is 1. The van der Waals surface area contributed by atoms with E-state index in [4.69, 9.17) is 4.74 Å². The highest BCUT2D eigenvalue weighted by Gasteiger charge is 2.36. The first-order valence-corrected chi connectivity index (χ1v) is 11.2. The molecule has 0 spiro atoms. The Balaban J connectivity index is 2.24. The molecule has 7 heteroatoms. The summed E-state index contributed by atoms with van der Waals surface area (Å²) < 4.78 is 5.01. The van der Waals surface area contributed by atoms with Crippen molar-refractivity contribution in [3.8, 4) is 0 Å². The zero-order valence-corrected chi connectivity index (χ0v) is 19.1. The second-order valence-electron chi connectivity index (χ2n) is 7.86. The fraction of sp³-hybridized carbons (Fsp3) is 0.542. The second kappa shape index (κ2) is 12.1. The summed E-state index contributed by atoms with van der Waals surface area (Å²) in [5.74, 6) is -0.513. The Kier molecular flexibility index (Phi) is 9.56. The van der Waals surface area contributed by atoms with Crippen molar-refractivity contribution in [3.05, 3.63) is 41.1 Å². The lowest BCUT2D eigenvalue weighted by Gasteiger charge is -2.35. The largest absolute Gasteiger partial charge is 0.466 e. The van der Waals surface area contributed by atoms with Crippen LogP contribution in [-0.4, -0.2) is 36.5 Å². The van der Waals surface area contributed by atoms with Gasteiger partial charge < -0.3 is 15.4 Å². The van der Waals surface area contributed by atoms with Crippen molar-refractivity contribution in [1.29, 1.82) is 0 Å². The van der Waals surface area contributed by atoms with Gasteiger partial charge in [-0.3, -0.25) is 9.69 Å². The number of amides is 3. The van der Waals surface area contributed by atoms with Gasteiger partial charge in [-0.15, -0.1) is 0 Å². The zero-order valence-electron chi connectivity index (χ0n) is 19.1. The molecule has 31 heavy (non-hydrogen) atoms. The normalized spacial score (nSPS) is 16.2. The lowest BCUT2D eigenvalue weighted by molar-refractivity contribution is -0.136. The van der Waals surface area contributed by atoms with E-state index in [0.717, 1.165) is 38.5 Å². The van der Waals surface area contributed by atoms with E-state index in [-0.39, 0.29) is 11.9 Å². The average Bonchev–Trinajstić information content (AvgIpc) is 2.76. The van der Waals surface area contributed by atoms with E-state index in [2.05, 4.69) is 24.5 Å². The molecule has 3 amide bonds.